The third-order valence-electron chi connectivity index (χ3n) is 4.25. The SMILES string of the molecule is Cc1ccc(S(=O)(=O)N(C)C)cc1C(=O)OCc1cccc(S(=O)(=O)N(C)C)c1. The maximum atomic E-state index is 12.5. The molecule has 0 saturated heterocycles. The predicted molar refractivity (Wildman–Crippen MR) is 108 cm³/mol. The summed E-state index contributed by atoms with van der Waals surface area (Å²) >= 11 is 0. The van der Waals surface area contributed by atoms with Crippen LogP contribution >= 0.6 is 0 Å². The minimum absolute atomic E-state index is 0.0147. The van der Waals surface area contributed by atoms with Gasteiger partial charge in [0.05, 0.1) is 15.4 Å². The molecule has 2 aromatic carbocycles. The van der Waals surface area contributed by atoms with Gasteiger partial charge < -0.3 is 4.74 Å². The topological polar surface area (TPSA) is 101 Å². The van der Waals surface area contributed by atoms with Crippen LogP contribution in [0.15, 0.2) is 52.3 Å². The van der Waals surface area contributed by atoms with Crippen molar-refractivity contribution >= 4 is 26.0 Å². The van der Waals surface area contributed by atoms with E-state index in [9.17, 15) is 21.6 Å². The van der Waals surface area contributed by atoms with Gasteiger partial charge in [0.2, 0.25) is 20.0 Å². The van der Waals surface area contributed by atoms with E-state index in [2.05, 4.69) is 0 Å². The van der Waals surface area contributed by atoms with Crippen LogP contribution in [0.2, 0.25) is 0 Å². The van der Waals surface area contributed by atoms with Crippen molar-refractivity contribution in [2.75, 3.05) is 28.2 Å². The van der Waals surface area contributed by atoms with Gasteiger partial charge in [-0.3, -0.25) is 0 Å². The molecule has 2 rings (SSSR count). The Morgan fingerprint density at radius 2 is 1.41 bits per heavy atom. The normalized spacial score (nSPS) is 12.4. The van der Waals surface area contributed by atoms with E-state index in [1.807, 2.05) is 0 Å². The van der Waals surface area contributed by atoms with Crippen LogP contribution in [0.25, 0.3) is 0 Å². The molecular formula is C19H24N2O6S2. The van der Waals surface area contributed by atoms with E-state index in [1.165, 1.54) is 58.5 Å². The van der Waals surface area contributed by atoms with E-state index in [0.29, 0.717) is 11.1 Å². The van der Waals surface area contributed by atoms with Gasteiger partial charge in [-0.25, -0.2) is 30.2 Å². The fourth-order valence-corrected chi connectivity index (χ4v) is 4.33. The Labute approximate surface area is 171 Å². The van der Waals surface area contributed by atoms with Gasteiger partial charge in [0.15, 0.2) is 0 Å². The number of sulfonamides is 2. The van der Waals surface area contributed by atoms with E-state index >= 15 is 0 Å². The number of carbonyl (C=O) groups excluding carboxylic acids is 1. The molecule has 29 heavy (non-hydrogen) atoms. The smallest absolute Gasteiger partial charge is 0.338 e. The Morgan fingerprint density at radius 1 is 0.862 bits per heavy atom. The Kier molecular flexibility index (Phi) is 6.84. The third kappa shape index (κ3) is 5.02. The fourth-order valence-electron chi connectivity index (χ4n) is 2.43. The zero-order valence-corrected chi connectivity index (χ0v) is 18.5. The summed E-state index contributed by atoms with van der Waals surface area (Å²) in [6, 6.07) is 10.3. The fraction of sp³-hybridized carbons (Fsp3) is 0.316. The monoisotopic (exact) mass is 440 g/mol. The number of rotatable bonds is 7. The molecule has 10 heteroatoms. The van der Waals surface area contributed by atoms with Crippen LogP contribution < -0.4 is 0 Å². The average Bonchev–Trinajstić information content (AvgIpc) is 2.66. The second-order valence-corrected chi connectivity index (χ2v) is 11.1. The molecule has 0 bridgehead atoms. The number of aryl methyl sites for hydroxylation is 1. The molecule has 0 aliphatic carbocycles. The zero-order chi connectivity index (χ0) is 22.0. The van der Waals surface area contributed by atoms with Crippen molar-refractivity contribution in [3.63, 3.8) is 0 Å². The molecule has 0 saturated carbocycles. The van der Waals surface area contributed by atoms with Gasteiger partial charge >= 0.3 is 5.97 Å². The summed E-state index contributed by atoms with van der Waals surface area (Å²) in [6.07, 6.45) is 0. The Hall–Kier alpha value is -2.27. The molecule has 0 amide bonds. The van der Waals surface area contributed by atoms with E-state index < -0.39 is 26.0 Å². The van der Waals surface area contributed by atoms with Crippen LogP contribution in [-0.4, -0.2) is 59.6 Å². The van der Waals surface area contributed by atoms with Gasteiger partial charge in [0.25, 0.3) is 0 Å². The van der Waals surface area contributed by atoms with E-state index in [4.69, 9.17) is 4.74 Å². The zero-order valence-electron chi connectivity index (χ0n) is 16.9. The lowest BCUT2D eigenvalue weighted by molar-refractivity contribution is 0.0471. The number of ether oxygens (including phenoxy) is 1. The van der Waals surface area contributed by atoms with Gasteiger partial charge in [-0.15, -0.1) is 0 Å². The van der Waals surface area contributed by atoms with Crippen molar-refractivity contribution in [2.24, 2.45) is 0 Å². The average molecular weight is 441 g/mol. The molecule has 0 heterocycles. The van der Waals surface area contributed by atoms with Gasteiger partial charge in [0, 0.05) is 28.2 Å². The first-order valence-electron chi connectivity index (χ1n) is 8.59. The second kappa shape index (κ2) is 8.62. The molecule has 2 aromatic rings. The number of carbonyl (C=O) groups is 1. The largest absolute Gasteiger partial charge is 0.457 e. The van der Waals surface area contributed by atoms with Crippen LogP contribution in [0, 0.1) is 6.92 Å². The lowest BCUT2D eigenvalue weighted by Crippen LogP contribution is -2.22. The lowest BCUT2D eigenvalue weighted by Gasteiger charge is -2.14. The standard InChI is InChI=1S/C19H24N2O6S2/c1-14-9-10-17(29(25,26)21(4)5)12-18(14)19(22)27-13-15-7-6-8-16(11-15)28(23,24)20(2)3/h6-12H,13H2,1-5H3. The van der Waals surface area contributed by atoms with Crippen molar-refractivity contribution in [1.29, 1.82) is 0 Å². The highest BCUT2D eigenvalue weighted by Crippen LogP contribution is 2.20. The van der Waals surface area contributed by atoms with Gasteiger partial charge in [-0.05, 0) is 42.3 Å². The Morgan fingerprint density at radius 3 is 1.97 bits per heavy atom. The summed E-state index contributed by atoms with van der Waals surface area (Å²) in [4.78, 5) is 12.6. The molecule has 0 aliphatic heterocycles. The van der Waals surface area contributed by atoms with Crippen LogP contribution in [0.1, 0.15) is 21.5 Å². The first-order chi connectivity index (χ1) is 13.4. The van der Waals surface area contributed by atoms with Crippen LogP contribution in [0.4, 0.5) is 0 Å². The summed E-state index contributed by atoms with van der Waals surface area (Å²) in [7, 11) is -1.63. The molecule has 0 atom stereocenters. The van der Waals surface area contributed by atoms with Gasteiger partial charge in [0.1, 0.15) is 6.61 Å². The first kappa shape index (κ1) is 23.0. The first-order valence-corrected chi connectivity index (χ1v) is 11.5. The highest BCUT2D eigenvalue weighted by molar-refractivity contribution is 7.89. The van der Waals surface area contributed by atoms with Crippen LogP contribution in [0.5, 0.6) is 0 Å². The van der Waals surface area contributed by atoms with Crippen molar-refractivity contribution in [1.82, 2.24) is 8.61 Å². The molecule has 0 fully saturated rings. The molecule has 0 unspecified atom stereocenters. The van der Waals surface area contributed by atoms with Crippen molar-refractivity contribution in [3.05, 3.63) is 59.2 Å². The summed E-state index contributed by atoms with van der Waals surface area (Å²) in [5.74, 6) is -0.695. The van der Waals surface area contributed by atoms with E-state index in [0.717, 1.165) is 8.61 Å². The molecule has 0 aromatic heterocycles. The highest BCUT2D eigenvalue weighted by Gasteiger charge is 2.21. The van der Waals surface area contributed by atoms with Crippen molar-refractivity contribution in [2.45, 2.75) is 23.3 Å². The molecule has 0 spiro atoms. The van der Waals surface area contributed by atoms with Crippen LogP contribution in [-0.2, 0) is 31.4 Å². The predicted octanol–water partition coefficient (Wildman–Crippen LogP) is 1.85. The van der Waals surface area contributed by atoms with Gasteiger partial charge in [-0.2, -0.15) is 0 Å². The molecule has 0 aliphatic rings. The molecule has 158 valence electrons. The molecule has 0 radical (unpaired) electrons. The number of esters is 1. The van der Waals surface area contributed by atoms with Crippen LogP contribution in [0.3, 0.4) is 0 Å². The second-order valence-electron chi connectivity index (χ2n) is 6.78. The minimum Gasteiger partial charge on any atom is -0.457 e. The number of nitrogens with zero attached hydrogens (tertiary/aromatic N) is 2. The number of hydrogen-bond donors (Lipinski definition) is 0. The van der Waals surface area contributed by atoms with Crippen molar-refractivity contribution < 1.29 is 26.4 Å². The van der Waals surface area contributed by atoms with Gasteiger partial charge in [-0.1, -0.05) is 18.2 Å². The summed E-state index contributed by atoms with van der Waals surface area (Å²) in [6.45, 7) is 1.52. The maximum Gasteiger partial charge on any atom is 0.338 e. The summed E-state index contributed by atoms with van der Waals surface area (Å²) in [5, 5.41) is 0. The Bertz CT molecular complexity index is 1120. The molecule has 0 N–H and O–H groups in total. The highest BCUT2D eigenvalue weighted by atomic mass is 32.2. The number of benzene rings is 2. The maximum absolute atomic E-state index is 12.5. The van der Waals surface area contributed by atoms with E-state index in [1.54, 1.807) is 19.1 Å². The molecular weight excluding hydrogens is 416 g/mol. The minimum atomic E-state index is -3.69. The molecule has 8 nitrogen and oxygen atoms in total. The third-order valence-corrected chi connectivity index (χ3v) is 7.88. The Balaban J connectivity index is 2.25. The quantitative estimate of drug-likeness (QED) is 0.609. The summed E-state index contributed by atoms with van der Waals surface area (Å²) in [5.41, 5.74) is 1.19. The number of hydrogen-bond acceptors (Lipinski definition) is 6. The summed E-state index contributed by atoms with van der Waals surface area (Å²) < 4.78 is 56.5. The lowest BCUT2D eigenvalue weighted by atomic mass is 10.1. The van der Waals surface area contributed by atoms with Crippen molar-refractivity contribution in [3.8, 4) is 0 Å². The van der Waals surface area contributed by atoms with E-state index in [-0.39, 0.29) is 22.0 Å².